The Balaban J connectivity index is 1.35. The normalized spacial score (nSPS) is 10.9. The van der Waals surface area contributed by atoms with E-state index in [9.17, 15) is 0 Å². The van der Waals surface area contributed by atoms with Crippen molar-refractivity contribution in [2.75, 3.05) is 5.32 Å². The Bertz CT molecular complexity index is 1330. The minimum absolute atomic E-state index is 0.697. The molecule has 4 heteroatoms. The van der Waals surface area contributed by atoms with Gasteiger partial charge in [-0.3, -0.25) is 4.98 Å². The molecule has 0 aliphatic heterocycles. The molecule has 0 aliphatic rings. The number of nitrogens with zero attached hydrogens (tertiary/aromatic N) is 3. The second kappa shape index (κ2) is 8.36. The highest BCUT2D eigenvalue weighted by molar-refractivity contribution is 5.91. The van der Waals surface area contributed by atoms with E-state index >= 15 is 0 Å². The van der Waals surface area contributed by atoms with E-state index in [4.69, 9.17) is 0 Å². The van der Waals surface area contributed by atoms with Crippen molar-refractivity contribution in [2.24, 2.45) is 0 Å². The lowest BCUT2D eigenvalue weighted by Crippen LogP contribution is -2.02. The van der Waals surface area contributed by atoms with Crippen molar-refractivity contribution in [3.05, 3.63) is 109 Å². The summed E-state index contributed by atoms with van der Waals surface area (Å²) in [5.74, 6) is 0.846. The Morgan fingerprint density at radius 3 is 2.23 bits per heavy atom. The first-order valence-electron chi connectivity index (χ1n) is 10.3. The minimum Gasteiger partial charge on any atom is -0.365 e. The molecule has 150 valence electrons. The molecule has 0 radical (unpaired) electrons. The lowest BCUT2D eigenvalue weighted by Gasteiger charge is -2.10. The van der Waals surface area contributed by atoms with E-state index in [1.165, 1.54) is 22.3 Å². The first kappa shape index (κ1) is 18.9. The molecule has 0 saturated carbocycles. The quantitative estimate of drug-likeness (QED) is 0.376. The Kier molecular flexibility index (Phi) is 5.11. The van der Waals surface area contributed by atoms with Gasteiger partial charge < -0.3 is 5.32 Å². The Morgan fingerprint density at radius 1 is 0.677 bits per heavy atom. The van der Waals surface area contributed by atoms with Crippen LogP contribution in [0.3, 0.4) is 0 Å². The van der Waals surface area contributed by atoms with Crippen LogP contribution in [0.5, 0.6) is 0 Å². The predicted molar refractivity (Wildman–Crippen MR) is 127 cm³/mol. The predicted octanol–water partition coefficient (Wildman–Crippen LogP) is 6.28. The number of anilines is 1. The molecule has 3 aromatic carbocycles. The van der Waals surface area contributed by atoms with Crippen molar-refractivity contribution in [1.29, 1.82) is 0 Å². The van der Waals surface area contributed by atoms with Crippen molar-refractivity contribution in [3.63, 3.8) is 0 Å². The number of aromatic nitrogens is 3. The van der Waals surface area contributed by atoms with Crippen molar-refractivity contribution >= 4 is 16.7 Å². The average molecular weight is 403 g/mol. The zero-order chi connectivity index (χ0) is 21.0. The van der Waals surface area contributed by atoms with Crippen LogP contribution in [0.4, 0.5) is 5.82 Å². The maximum absolute atomic E-state index is 4.48. The summed E-state index contributed by atoms with van der Waals surface area (Å²) in [4.78, 5) is 13.2. The van der Waals surface area contributed by atoms with E-state index in [1.807, 2.05) is 37.4 Å². The van der Waals surface area contributed by atoms with Crippen LogP contribution in [0, 0.1) is 6.92 Å². The van der Waals surface area contributed by atoms with E-state index in [0.717, 1.165) is 28.0 Å². The fourth-order valence-electron chi connectivity index (χ4n) is 3.73. The molecule has 2 heterocycles. The Morgan fingerprint density at radius 2 is 1.42 bits per heavy atom. The van der Waals surface area contributed by atoms with E-state index in [2.05, 4.69) is 80.9 Å². The summed E-state index contributed by atoms with van der Waals surface area (Å²) in [6.45, 7) is 2.71. The van der Waals surface area contributed by atoms with Crippen LogP contribution >= 0.6 is 0 Å². The van der Waals surface area contributed by atoms with E-state index in [0.29, 0.717) is 6.54 Å². The number of hydrogen-bond donors (Lipinski definition) is 1. The van der Waals surface area contributed by atoms with Crippen molar-refractivity contribution in [2.45, 2.75) is 13.5 Å². The summed E-state index contributed by atoms with van der Waals surface area (Å²) in [7, 11) is 0. The molecule has 0 fully saturated rings. The van der Waals surface area contributed by atoms with Gasteiger partial charge in [-0.2, -0.15) is 0 Å². The SMILES string of the molecule is Cc1cc(-c2ccc(CNc3ncnc4cc(-c5ccccc5)ccc34)cc2)ccn1. The topological polar surface area (TPSA) is 50.7 Å². The van der Waals surface area contributed by atoms with Gasteiger partial charge in [-0.15, -0.1) is 0 Å². The Labute approximate surface area is 181 Å². The van der Waals surface area contributed by atoms with Crippen LogP contribution in [0.2, 0.25) is 0 Å². The third kappa shape index (κ3) is 4.14. The average Bonchev–Trinajstić information content (AvgIpc) is 2.83. The van der Waals surface area contributed by atoms with Crippen LogP contribution in [-0.4, -0.2) is 15.0 Å². The van der Waals surface area contributed by atoms with Gasteiger partial charge in [0.1, 0.15) is 12.1 Å². The number of nitrogens with one attached hydrogen (secondary N) is 1. The summed E-state index contributed by atoms with van der Waals surface area (Å²) < 4.78 is 0. The van der Waals surface area contributed by atoms with Crippen LogP contribution in [0.1, 0.15) is 11.3 Å². The van der Waals surface area contributed by atoms with E-state index < -0.39 is 0 Å². The summed E-state index contributed by atoms with van der Waals surface area (Å²) in [5.41, 5.74) is 7.86. The first-order chi connectivity index (χ1) is 15.3. The zero-order valence-corrected chi connectivity index (χ0v) is 17.3. The van der Waals surface area contributed by atoms with E-state index in [-0.39, 0.29) is 0 Å². The summed E-state index contributed by atoms with van der Waals surface area (Å²) in [6, 6.07) is 29.4. The molecule has 5 rings (SSSR count). The van der Waals surface area contributed by atoms with Crippen molar-refractivity contribution in [1.82, 2.24) is 15.0 Å². The molecule has 0 saturated heterocycles. The van der Waals surface area contributed by atoms with Gasteiger partial charge in [0.25, 0.3) is 0 Å². The van der Waals surface area contributed by atoms with Crippen LogP contribution in [-0.2, 0) is 6.54 Å². The molecule has 0 spiro atoms. The third-order valence-electron chi connectivity index (χ3n) is 5.39. The second-order valence-electron chi connectivity index (χ2n) is 7.56. The largest absolute Gasteiger partial charge is 0.365 e. The molecule has 0 atom stereocenters. The van der Waals surface area contributed by atoms with Crippen molar-refractivity contribution in [3.8, 4) is 22.3 Å². The number of fused-ring (bicyclic) bond motifs is 1. The fraction of sp³-hybridized carbons (Fsp3) is 0.0741. The molecule has 4 nitrogen and oxygen atoms in total. The lowest BCUT2D eigenvalue weighted by molar-refractivity contribution is 1.10. The van der Waals surface area contributed by atoms with Gasteiger partial charge in [0, 0.05) is 23.8 Å². The van der Waals surface area contributed by atoms with E-state index in [1.54, 1.807) is 6.33 Å². The molecule has 5 aromatic rings. The number of pyridine rings is 1. The maximum Gasteiger partial charge on any atom is 0.137 e. The van der Waals surface area contributed by atoms with Gasteiger partial charge in [0.05, 0.1) is 5.52 Å². The van der Waals surface area contributed by atoms with Gasteiger partial charge in [-0.05, 0) is 59.0 Å². The molecular weight excluding hydrogens is 380 g/mol. The molecule has 1 N–H and O–H groups in total. The van der Waals surface area contributed by atoms with Gasteiger partial charge >= 0.3 is 0 Å². The van der Waals surface area contributed by atoms with Crippen LogP contribution < -0.4 is 5.32 Å². The number of hydrogen-bond acceptors (Lipinski definition) is 4. The lowest BCUT2D eigenvalue weighted by atomic mass is 10.0. The van der Waals surface area contributed by atoms with Gasteiger partial charge in [0.2, 0.25) is 0 Å². The van der Waals surface area contributed by atoms with Gasteiger partial charge in [-0.25, -0.2) is 9.97 Å². The molecular formula is C27H22N4. The van der Waals surface area contributed by atoms with Crippen LogP contribution in [0.15, 0.2) is 97.5 Å². The molecule has 31 heavy (non-hydrogen) atoms. The molecule has 0 bridgehead atoms. The number of benzene rings is 3. The first-order valence-corrected chi connectivity index (χ1v) is 10.3. The zero-order valence-electron chi connectivity index (χ0n) is 17.3. The summed E-state index contributed by atoms with van der Waals surface area (Å²) >= 11 is 0. The molecule has 0 aliphatic carbocycles. The Hall–Kier alpha value is -4.05. The summed E-state index contributed by atoms with van der Waals surface area (Å²) in [6.07, 6.45) is 3.47. The highest BCUT2D eigenvalue weighted by Gasteiger charge is 2.06. The molecule has 2 aromatic heterocycles. The second-order valence-corrected chi connectivity index (χ2v) is 7.56. The summed E-state index contributed by atoms with van der Waals surface area (Å²) in [5, 5.41) is 4.49. The fourth-order valence-corrected chi connectivity index (χ4v) is 3.73. The number of aryl methyl sites for hydroxylation is 1. The van der Waals surface area contributed by atoms with Gasteiger partial charge in [-0.1, -0.05) is 60.7 Å². The molecule has 0 amide bonds. The smallest absolute Gasteiger partial charge is 0.137 e. The number of rotatable bonds is 5. The highest BCUT2D eigenvalue weighted by atomic mass is 15.0. The third-order valence-corrected chi connectivity index (χ3v) is 5.39. The van der Waals surface area contributed by atoms with Gasteiger partial charge in [0.15, 0.2) is 0 Å². The van der Waals surface area contributed by atoms with Crippen LogP contribution in [0.25, 0.3) is 33.2 Å². The van der Waals surface area contributed by atoms with Crippen molar-refractivity contribution < 1.29 is 0 Å². The monoisotopic (exact) mass is 402 g/mol. The maximum atomic E-state index is 4.48. The standard InChI is InChI=1S/C27H22N4/c1-19-15-24(13-14-28-19)22-9-7-20(8-10-22)17-29-27-25-12-11-23(16-26(25)30-18-31-27)21-5-3-2-4-6-21/h2-16,18H,17H2,1H3,(H,29,30,31). The minimum atomic E-state index is 0.697. The highest BCUT2D eigenvalue weighted by Crippen LogP contribution is 2.27. The molecule has 0 unspecified atom stereocenters.